The molecule has 0 fully saturated rings. The number of imidazole rings is 1. The number of nitrogens with zero attached hydrogens (tertiary/aromatic N) is 4. The average molecular weight is 481 g/mol. The van der Waals surface area contributed by atoms with Crippen LogP contribution in [0.3, 0.4) is 0 Å². The Morgan fingerprint density at radius 1 is 0.970 bits per heavy atom. The summed E-state index contributed by atoms with van der Waals surface area (Å²) in [5.41, 5.74) is 2.98. The number of alkyl halides is 2. The number of benzene rings is 2. The van der Waals surface area contributed by atoms with Gasteiger partial charge in [-0.1, -0.05) is 72.0 Å². The molecule has 2 aromatic carbocycles. The van der Waals surface area contributed by atoms with Gasteiger partial charge < -0.3 is 4.74 Å². The number of ether oxygens (including phenoxy) is 1. The molecule has 0 saturated heterocycles. The summed E-state index contributed by atoms with van der Waals surface area (Å²) in [4.78, 5) is 5.42. The third-order valence-electron chi connectivity index (χ3n) is 4.88. The van der Waals surface area contributed by atoms with Crippen LogP contribution in [-0.4, -0.2) is 19.6 Å². The molecule has 0 radical (unpaired) electrons. The Morgan fingerprint density at radius 2 is 1.70 bits per heavy atom. The number of thioether (sulfide) groups is 1. The van der Waals surface area contributed by atoms with Gasteiger partial charge in [0.25, 0.3) is 6.43 Å². The van der Waals surface area contributed by atoms with E-state index in [0.29, 0.717) is 23.2 Å². The molecule has 0 aliphatic carbocycles. The van der Waals surface area contributed by atoms with Gasteiger partial charge in [-0.3, -0.25) is 4.40 Å². The third-order valence-corrected chi connectivity index (χ3v) is 6.84. The van der Waals surface area contributed by atoms with Crippen LogP contribution in [0.25, 0.3) is 16.3 Å². The molecule has 33 heavy (non-hydrogen) atoms. The van der Waals surface area contributed by atoms with E-state index in [1.807, 2.05) is 65.2 Å². The highest BCUT2D eigenvalue weighted by molar-refractivity contribution is 7.98. The number of pyridine rings is 1. The summed E-state index contributed by atoms with van der Waals surface area (Å²) in [6.07, 6.45) is 0.943. The topological polar surface area (TPSA) is 52.3 Å². The summed E-state index contributed by atoms with van der Waals surface area (Å²) < 4.78 is 34.1. The quantitative estimate of drug-likeness (QED) is 0.232. The van der Waals surface area contributed by atoms with Crippen molar-refractivity contribution < 1.29 is 13.5 Å². The molecule has 5 rings (SSSR count). The van der Waals surface area contributed by atoms with Crippen molar-refractivity contribution in [3.63, 3.8) is 0 Å². The zero-order valence-electron chi connectivity index (χ0n) is 17.3. The minimum atomic E-state index is -2.66. The van der Waals surface area contributed by atoms with E-state index in [1.165, 1.54) is 5.56 Å². The van der Waals surface area contributed by atoms with Gasteiger partial charge in [0, 0.05) is 16.8 Å². The average Bonchev–Trinajstić information content (AvgIpc) is 3.50. The van der Waals surface area contributed by atoms with Crippen molar-refractivity contribution in [3.8, 4) is 16.6 Å². The zero-order valence-corrected chi connectivity index (χ0v) is 18.9. The molecule has 0 atom stereocenters. The fraction of sp³-hybridized carbons (Fsp3) is 0.125. The van der Waals surface area contributed by atoms with Crippen LogP contribution in [0.4, 0.5) is 8.78 Å². The molecule has 3 heterocycles. The van der Waals surface area contributed by atoms with Crippen LogP contribution in [-0.2, 0) is 12.4 Å². The van der Waals surface area contributed by atoms with Gasteiger partial charge in [0.05, 0.1) is 6.20 Å². The summed E-state index contributed by atoms with van der Waals surface area (Å²) in [7, 11) is 0. The Balaban J connectivity index is 1.51. The van der Waals surface area contributed by atoms with Gasteiger partial charge in [0.1, 0.15) is 17.9 Å². The van der Waals surface area contributed by atoms with Crippen LogP contribution < -0.4 is 4.74 Å². The summed E-state index contributed by atoms with van der Waals surface area (Å²) in [6.45, 7) is 0.401. The van der Waals surface area contributed by atoms with Crippen LogP contribution >= 0.6 is 23.1 Å². The SMILES string of the molecule is FC(F)c1nnc(-c2ncc3c(OCc4ccccc4)cc(SCc4ccccc4)cn23)s1. The third kappa shape index (κ3) is 4.89. The molecule has 5 nitrogen and oxygen atoms in total. The molecule has 5 aromatic rings. The largest absolute Gasteiger partial charge is 0.487 e. The zero-order chi connectivity index (χ0) is 22.6. The number of aromatic nitrogens is 4. The van der Waals surface area contributed by atoms with E-state index in [-0.39, 0.29) is 5.01 Å². The van der Waals surface area contributed by atoms with Crippen molar-refractivity contribution >= 4 is 28.6 Å². The van der Waals surface area contributed by atoms with Gasteiger partial charge >= 0.3 is 0 Å². The van der Waals surface area contributed by atoms with Gasteiger partial charge in [0.15, 0.2) is 15.8 Å². The van der Waals surface area contributed by atoms with Crippen LogP contribution in [0.1, 0.15) is 22.6 Å². The fourth-order valence-electron chi connectivity index (χ4n) is 3.28. The lowest BCUT2D eigenvalue weighted by molar-refractivity contribution is 0.150. The highest BCUT2D eigenvalue weighted by Gasteiger charge is 2.19. The van der Waals surface area contributed by atoms with Crippen molar-refractivity contribution in [3.05, 3.63) is 95.3 Å². The molecule has 0 aliphatic heterocycles. The molecule has 9 heteroatoms. The fourth-order valence-corrected chi connectivity index (χ4v) is 4.87. The van der Waals surface area contributed by atoms with E-state index in [2.05, 4.69) is 27.3 Å². The van der Waals surface area contributed by atoms with Crippen molar-refractivity contribution in [1.29, 1.82) is 0 Å². The molecule has 0 spiro atoms. The number of hydrogen-bond acceptors (Lipinski definition) is 6. The minimum Gasteiger partial charge on any atom is -0.487 e. The Hall–Kier alpha value is -3.30. The van der Waals surface area contributed by atoms with Crippen LogP contribution in [0.2, 0.25) is 0 Å². The molecule has 0 saturated carbocycles. The lowest BCUT2D eigenvalue weighted by atomic mass is 10.2. The van der Waals surface area contributed by atoms with E-state index >= 15 is 0 Å². The van der Waals surface area contributed by atoms with Crippen molar-refractivity contribution in [2.45, 2.75) is 23.7 Å². The summed E-state index contributed by atoms with van der Waals surface area (Å²) in [6, 6.07) is 22.0. The normalized spacial score (nSPS) is 11.4. The highest BCUT2D eigenvalue weighted by atomic mass is 32.2. The van der Waals surface area contributed by atoms with E-state index in [1.54, 1.807) is 18.0 Å². The predicted octanol–water partition coefficient (Wildman–Crippen LogP) is 6.66. The lowest BCUT2D eigenvalue weighted by Gasteiger charge is -2.11. The predicted molar refractivity (Wildman–Crippen MR) is 126 cm³/mol. The van der Waals surface area contributed by atoms with Gasteiger partial charge in [-0.05, 0) is 17.2 Å². The number of rotatable bonds is 8. The smallest absolute Gasteiger partial charge is 0.291 e. The van der Waals surface area contributed by atoms with E-state index < -0.39 is 6.43 Å². The maximum Gasteiger partial charge on any atom is 0.291 e. The van der Waals surface area contributed by atoms with E-state index in [4.69, 9.17) is 4.74 Å². The second kappa shape index (κ2) is 9.68. The van der Waals surface area contributed by atoms with Crippen LogP contribution in [0, 0.1) is 0 Å². The summed E-state index contributed by atoms with van der Waals surface area (Å²) in [5, 5.41) is 7.55. The highest BCUT2D eigenvalue weighted by Crippen LogP contribution is 2.34. The molecule has 3 aromatic heterocycles. The first kappa shape index (κ1) is 21.5. The maximum atomic E-state index is 13.0. The Bertz CT molecular complexity index is 1360. The van der Waals surface area contributed by atoms with E-state index in [9.17, 15) is 8.78 Å². The summed E-state index contributed by atoms with van der Waals surface area (Å²) >= 11 is 2.50. The van der Waals surface area contributed by atoms with Crippen LogP contribution in [0.15, 0.2) is 84.0 Å². The second-order valence-corrected chi connectivity index (χ2v) is 9.23. The lowest BCUT2D eigenvalue weighted by Crippen LogP contribution is -1.99. The molecule has 0 unspecified atom stereocenters. The molecule has 0 aliphatic rings. The van der Waals surface area contributed by atoms with Gasteiger partial charge in [-0.25, -0.2) is 13.8 Å². The standard InChI is InChI=1S/C24H18F2N4OS2/c25-21(26)23-28-29-24(33-23)22-27-12-19-20(31-14-16-7-3-1-4-8-16)11-18(13-30(19)22)32-15-17-9-5-2-6-10-17/h1-13,21H,14-15H2. The maximum absolute atomic E-state index is 13.0. The van der Waals surface area contributed by atoms with Crippen LogP contribution in [0.5, 0.6) is 5.75 Å². The Labute approximate surface area is 197 Å². The van der Waals surface area contributed by atoms with E-state index in [0.717, 1.165) is 33.1 Å². The van der Waals surface area contributed by atoms with Crippen molar-refractivity contribution in [2.24, 2.45) is 0 Å². The molecular weight excluding hydrogens is 462 g/mol. The molecule has 0 amide bonds. The first-order chi connectivity index (χ1) is 16.2. The van der Waals surface area contributed by atoms with Gasteiger partial charge in [0.2, 0.25) is 0 Å². The summed E-state index contributed by atoms with van der Waals surface area (Å²) in [5.74, 6) is 1.90. The van der Waals surface area contributed by atoms with Crippen molar-refractivity contribution in [2.75, 3.05) is 0 Å². The van der Waals surface area contributed by atoms with Crippen molar-refractivity contribution in [1.82, 2.24) is 19.6 Å². The Kier molecular flexibility index (Phi) is 6.32. The first-order valence-corrected chi connectivity index (χ1v) is 11.9. The number of hydrogen-bond donors (Lipinski definition) is 0. The molecule has 0 N–H and O–H groups in total. The number of fused-ring (bicyclic) bond motifs is 1. The number of halogens is 2. The van der Waals surface area contributed by atoms with Gasteiger partial charge in [-0.2, -0.15) is 0 Å². The second-order valence-electron chi connectivity index (χ2n) is 7.17. The van der Waals surface area contributed by atoms with Gasteiger partial charge in [-0.15, -0.1) is 22.0 Å². The minimum absolute atomic E-state index is 0.322. The molecule has 166 valence electrons. The Morgan fingerprint density at radius 3 is 2.39 bits per heavy atom. The monoisotopic (exact) mass is 480 g/mol. The first-order valence-electron chi connectivity index (χ1n) is 10.1. The molecular formula is C24H18F2N4OS2. The molecule has 0 bridgehead atoms.